The van der Waals surface area contributed by atoms with Crippen molar-refractivity contribution < 1.29 is 14.0 Å². The fourth-order valence-corrected chi connectivity index (χ4v) is 6.51. The average molecular weight is 495 g/mol. The second-order valence-corrected chi connectivity index (χ2v) is 17.4. The van der Waals surface area contributed by atoms with Crippen molar-refractivity contribution in [2.24, 2.45) is 17.8 Å². The van der Waals surface area contributed by atoms with Crippen molar-refractivity contribution in [3.8, 4) is 0 Å². The largest absolute Gasteiger partial charge is 0.463 e. The van der Waals surface area contributed by atoms with Gasteiger partial charge in [0.1, 0.15) is 0 Å². The Bertz CT molecular complexity index is 590. The Morgan fingerprint density at radius 1 is 1.00 bits per heavy atom. The van der Waals surface area contributed by atoms with Crippen LogP contribution in [0.1, 0.15) is 126 Å². The fourth-order valence-electron chi connectivity index (χ4n) is 5.13. The third-order valence-corrected chi connectivity index (χ3v) is 12.7. The standard InChI is InChI=1S/C30H58O3Si/c1-10-11-12-13-14-18-21-27-26(20-17-15-16-19-22-29(31)32-24(2)3)25(4)23-28(27)33-34(8,9)30(5,6)7/h15,17,24-28H,10-14,16,18-23H2,1-9H3/b17-15-/t25-,26-,27+,28+/m0/s1. The Morgan fingerprint density at radius 2 is 1.65 bits per heavy atom. The lowest BCUT2D eigenvalue weighted by molar-refractivity contribution is -0.147. The van der Waals surface area contributed by atoms with Gasteiger partial charge in [0.25, 0.3) is 0 Å². The van der Waals surface area contributed by atoms with Crippen LogP contribution >= 0.6 is 0 Å². The molecule has 4 atom stereocenters. The van der Waals surface area contributed by atoms with Crippen LogP contribution in [0.2, 0.25) is 18.1 Å². The van der Waals surface area contributed by atoms with E-state index in [0.717, 1.165) is 19.3 Å². The zero-order valence-corrected chi connectivity index (χ0v) is 25.3. The Balaban J connectivity index is 2.68. The minimum Gasteiger partial charge on any atom is -0.463 e. The third-order valence-electron chi connectivity index (χ3n) is 8.20. The molecule has 34 heavy (non-hydrogen) atoms. The Kier molecular flexibility index (Phi) is 14.3. The minimum absolute atomic E-state index is 0.0167. The SMILES string of the molecule is CCCCCCCC[C@@H]1[C@@H](C/C=C\CCCC(=O)OC(C)C)[C@@H](C)C[C@H]1O[Si](C)(C)C(C)(C)C. The normalized spacial score (nSPS) is 23.8. The summed E-state index contributed by atoms with van der Waals surface area (Å²) >= 11 is 0. The van der Waals surface area contributed by atoms with Gasteiger partial charge in [0.15, 0.2) is 8.32 Å². The van der Waals surface area contributed by atoms with E-state index in [4.69, 9.17) is 9.16 Å². The first kappa shape index (κ1) is 31.4. The predicted octanol–water partition coefficient (Wildman–Crippen LogP) is 9.47. The van der Waals surface area contributed by atoms with Crippen molar-refractivity contribution >= 4 is 14.3 Å². The monoisotopic (exact) mass is 494 g/mol. The molecule has 0 N–H and O–H groups in total. The molecule has 200 valence electrons. The van der Waals surface area contributed by atoms with E-state index in [1.54, 1.807) is 0 Å². The highest BCUT2D eigenvalue weighted by Crippen LogP contribution is 2.47. The molecule has 3 nitrogen and oxygen atoms in total. The highest BCUT2D eigenvalue weighted by molar-refractivity contribution is 6.74. The van der Waals surface area contributed by atoms with Crippen molar-refractivity contribution in [3.63, 3.8) is 0 Å². The number of rotatable bonds is 16. The van der Waals surface area contributed by atoms with Crippen molar-refractivity contribution in [1.29, 1.82) is 0 Å². The number of carbonyl (C=O) groups is 1. The van der Waals surface area contributed by atoms with E-state index < -0.39 is 8.32 Å². The highest BCUT2D eigenvalue weighted by atomic mass is 28.4. The lowest BCUT2D eigenvalue weighted by atomic mass is 9.83. The van der Waals surface area contributed by atoms with Crippen LogP contribution in [0.4, 0.5) is 0 Å². The van der Waals surface area contributed by atoms with Gasteiger partial charge in [0, 0.05) is 12.5 Å². The number of hydrogen-bond acceptors (Lipinski definition) is 3. The summed E-state index contributed by atoms with van der Waals surface area (Å²) in [4.78, 5) is 11.7. The maximum atomic E-state index is 11.7. The molecule has 0 bridgehead atoms. The van der Waals surface area contributed by atoms with E-state index in [1.165, 1.54) is 51.4 Å². The molecule has 0 saturated heterocycles. The molecule has 0 spiro atoms. The number of ether oxygens (including phenoxy) is 1. The maximum absolute atomic E-state index is 11.7. The number of unbranched alkanes of at least 4 members (excludes halogenated alkanes) is 6. The predicted molar refractivity (Wildman–Crippen MR) is 150 cm³/mol. The lowest BCUT2D eigenvalue weighted by Crippen LogP contribution is -2.45. The van der Waals surface area contributed by atoms with E-state index in [1.807, 2.05) is 13.8 Å². The van der Waals surface area contributed by atoms with Gasteiger partial charge < -0.3 is 9.16 Å². The molecule has 1 aliphatic rings. The van der Waals surface area contributed by atoms with E-state index in [2.05, 4.69) is 59.9 Å². The Hall–Kier alpha value is -0.613. The van der Waals surface area contributed by atoms with Crippen molar-refractivity contribution in [2.45, 2.75) is 156 Å². The third kappa shape index (κ3) is 11.4. The minimum atomic E-state index is -1.77. The molecule has 1 aliphatic carbocycles. The smallest absolute Gasteiger partial charge is 0.306 e. The van der Waals surface area contributed by atoms with E-state index in [9.17, 15) is 4.79 Å². The van der Waals surface area contributed by atoms with Crippen LogP contribution in [0.3, 0.4) is 0 Å². The van der Waals surface area contributed by atoms with E-state index >= 15 is 0 Å². The quantitative estimate of drug-likeness (QED) is 0.0927. The summed E-state index contributed by atoms with van der Waals surface area (Å²) < 4.78 is 12.3. The molecular weight excluding hydrogens is 436 g/mol. The highest BCUT2D eigenvalue weighted by Gasteiger charge is 2.46. The lowest BCUT2D eigenvalue weighted by Gasteiger charge is -2.40. The van der Waals surface area contributed by atoms with Crippen LogP contribution in [0.25, 0.3) is 0 Å². The van der Waals surface area contributed by atoms with Crippen LogP contribution < -0.4 is 0 Å². The number of esters is 1. The van der Waals surface area contributed by atoms with Gasteiger partial charge in [0.05, 0.1) is 6.10 Å². The second-order valence-electron chi connectivity index (χ2n) is 12.7. The van der Waals surface area contributed by atoms with Gasteiger partial charge in [-0.25, -0.2) is 0 Å². The zero-order valence-electron chi connectivity index (χ0n) is 24.3. The molecule has 0 heterocycles. The molecule has 1 rings (SSSR count). The molecule has 0 amide bonds. The second kappa shape index (κ2) is 15.5. The Morgan fingerprint density at radius 3 is 2.26 bits per heavy atom. The summed E-state index contributed by atoms with van der Waals surface area (Å²) in [7, 11) is -1.77. The molecule has 0 unspecified atom stereocenters. The number of carbonyl (C=O) groups excluding carboxylic acids is 1. The summed E-state index contributed by atoms with van der Waals surface area (Å²) in [6.07, 6.45) is 19.3. The van der Waals surface area contributed by atoms with Crippen molar-refractivity contribution in [3.05, 3.63) is 12.2 Å². The summed E-state index contributed by atoms with van der Waals surface area (Å²) in [6.45, 7) is 20.5. The van der Waals surface area contributed by atoms with Gasteiger partial charge in [-0.1, -0.05) is 85.3 Å². The molecule has 0 radical (unpaired) electrons. The number of hydrogen-bond donors (Lipinski definition) is 0. The van der Waals surface area contributed by atoms with E-state index in [0.29, 0.717) is 30.3 Å². The topological polar surface area (TPSA) is 35.5 Å². The number of allylic oxidation sites excluding steroid dienone is 2. The molecule has 0 aromatic rings. The zero-order chi connectivity index (χ0) is 25.8. The van der Waals surface area contributed by atoms with Crippen LogP contribution in [-0.4, -0.2) is 26.5 Å². The molecule has 0 aromatic heterocycles. The first-order valence-electron chi connectivity index (χ1n) is 14.4. The van der Waals surface area contributed by atoms with Gasteiger partial charge in [-0.3, -0.25) is 4.79 Å². The van der Waals surface area contributed by atoms with Crippen LogP contribution in [-0.2, 0) is 14.0 Å². The summed E-state index contributed by atoms with van der Waals surface area (Å²) in [5.74, 6) is 2.04. The molecule has 0 aliphatic heterocycles. The maximum Gasteiger partial charge on any atom is 0.306 e. The van der Waals surface area contributed by atoms with Gasteiger partial charge >= 0.3 is 5.97 Å². The van der Waals surface area contributed by atoms with Crippen LogP contribution in [0.5, 0.6) is 0 Å². The first-order valence-corrected chi connectivity index (χ1v) is 17.3. The summed E-state index contributed by atoms with van der Waals surface area (Å²) in [5, 5.41) is 0.260. The average Bonchev–Trinajstić information content (AvgIpc) is 2.99. The summed E-state index contributed by atoms with van der Waals surface area (Å²) in [6, 6.07) is 0. The van der Waals surface area contributed by atoms with Gasteiger partial charge in [-0.2, -0.15) is 0 Å². The van der Waals surface area contributed by atoms with Crippen LogP contribution in [0.15, 0.2) is 12.2 Å². The molecule has 1 fully saturated rings. The van der Waals surface area contributed by atoms with Crippen molar-refractivity contribution in [1.82, 2.24) is 0 Å². The van der Waals surface area contributed by atoms with Gasteiger partial charge in [-0.15, -0.1) is 0 Å². The van der Waals surface area contributed by atoms with E-state index in [-0.39, 0.29) is 17.1 Å². The van der Waals surface area contributed by atoms with Gasteiger partial charge in [0.2, 0.25) is 0 Å². The molecule has 0 aromatic carbocycles. The first-order chi connectivity index (χ1) is 15.9. The Labute approximate surface area is 214 Å². The fraction of sp³-hybridized carbons (Fsp3) is 0.900. The van der Waals surface area contributed by atoms with Gasteiger partial charge in [-0.05, 0) is 81.8 Å². The molecular formula is C30H58O3Si. The molecule has 4 heteroatoms. The summed E-state index contributed by atoms with van der Waals surface area (Å²) in [5.41, 5.74) is 0. The van der Waals surface area contributed by atoms with Crippen LogP contribution in [0, 0.1) is 17.8 Å². The van der Waals surface area contributed by atoms with Crippen molar-refractivity contribution in [2.75, 3.05) is 0 Å². The molecule has 1 saturated carbocycles.